The first-order chi connectivity index (χ1) is 11.0. The average Bonchev–Trinajstić information content (AvgIpc) is 2.51. The summed E-state index contributed by atoms with van der Waals surface area (Å²) < 4.78 is 5.73. The van der Waals surface area contributed by atoms with Crippen LogP contribution in [-0.2, 0) is 13.1 Å². The number of urea groups is 1. The SMILES string of the molecule is Cc1nccc(CNC(=O)NCc2ccccc2OC(C)C)n1. The number of rotatable bonds is 6. The lowest BCUT2D eigenvalue weighted by atomic mass is 10.2. The Morgan fingerprint density at radius 1 is 1.17 bits per heavy atom. The molecule has 0 radical (unpaired) electrons. The van der Waals surface area contributed by atoms with E-state index in [1.54, 1.807) is 12.3 Å². The topological polar surface area (TPSA) is 76.1 Å². The molecule has 1 aromatic carbocycles. The van der Waals surface area contributed by atoms with Crippen LogP contribution in [0.3, 0.4) is 0 Å². The number of ether oxygens (including phenoxy) is 1. The number of nitrogens with one attached hydrogen (secondary N) is 2. The smallest absolute Gasteiger partial charge is 0.315 e. The summed E-state index contributed by atoms with van der Waals surface area (Å²) in [4.78, 5) is 20.2. The van der Waals surface area contributed by atoms with Crippen LogP contribution in [0.1, 0.15) is 30.9 Å². The molecule has 0 spiro atoms. The van der Waals surface area contributed by atoms with Crippen molar-refractivity contribution in [3.8, 4) is 5.75 Å². The average molecular weight is 314 g/mol. The van der Waals surface area contributed by atoms with Gasteiger partial charge in [-0.05, 0) is 32.9 Å². The van der Waals surface area contributed by atoms with E-state index in [2.05, 4.69) is 20.6 Å². The van der Waals surface area contributed by atoms with Gasteiger partial charge in [0.15, 0.2) is 0 Å². The number of para-hydroxylation sites is 1. The fraction of sp³-hybridized carbons (Fsp3) is 0.353. The Hall–Kier alpha value is -2.63. The molecule has 0 aliphatic rings. The van der Waals surface area contributed by atoms with Crippen molar-refractivity contribution in [2.75, 3.05) is 0 Å². The van der Waals surface area contributed by atoms with Gasteiger partial charge < -0.3 is 15.4 Å². The fourth-order valence-electron chi connectivity index (χ4n) is 2.03. The number of carbonyl (C=O) groups excluding carboxylic acids is 1. The predicted octanol–water partition coefficient (Wildman–Crippen LogP) is 2.57. The molecule has 1 heterocycles. The zero-order valence-electron chi connectivity index (χ0n) is 13.7. The minimum Gasteiger partial charge on any atom is -0.491 e. The van der Waals surface area contributed by atoms with Gasteiger partial charge in [-0.15, -0.1) is 0 Å². The van der Waals surface area contributed by atoms with Crippen molar-refractivity contribution >= 4 is 6.03 Å². The van der Waals surface area contributed by atoms with Gasteiger partial charge in [-0.1, -0.05) is 18.2 Å². The first-order valence-electron chi connectivity index (χ1n) is 7.59. The van der Waals surface area contributed by atoms with Gasteiger partial charge in [-0.25, -0.2) is 14.8 Å². The second-order valence-electron chi connectivity index (χ2n) is 5.41. The summed E-state index contributed by atoms with van der Waals surface area (Å²) in [5.41, 5.74) is 1.71. The van der Waals surface area contributed by atoms with Gasteiger partial charge in [0.05, 0.1) is 18.3 Å². The van der Waals surface area contributed by atoms with Crippen LogP contribution in [0, 0.1) is 6.92 Å². The molecule has 0 bridgehead atoms. The molecule has 0 aliphatic carbocycles. The Balaban J connectivity index is 1.85. The van der Waals surface area contributed by atoms with Crippen LogP contribution in [-0.4, -0.2) is 22.1 Å². The molecule has 1 aromatic heterocycles. The summed E-state index contributed by atoms with van der Waals surface area (Å²) in [6.45, 7) is 6.52. The van der Waals surface area contributed by atoms with E-state index in [-0.39, 0.29) is 12.1 Å². The molecule has 2 amide bonds. The molecular formula is C17H22N4O2. The van der Waals surface area contributed by atoms with Gasteiger partial charge in [0.25, 0.3) is 0 Å². The normalized spacial score (nSPS) is 10.4. The number of hydrogen-bond donors (Lipinski definition) is 2. The van der Waals surface area contributed by atoms with Crippen LogP contribution < -0.4 is 15.4 Å². The van der Waals surface area contributed by atoms with Gasteiger partial charge in [0, 0.05) is 18.3 Å². The van der Waals surface area contributed by atoms with Crippen LogP contribution in [0.5, 0.6) is 5.75 Å². The summed E-state index contributed by atoms with van der Waals surface area (Å²) in [7, 11) is 0. The molecule has 2 aromatic rings. The fourth-order valence-corrected chi connectivity index (χ4v) is 2.03. The number of amides is 2. The number of hydrogen-bond acceptors (Lipinski definition) is 4. The van der Waals surface area contributed by atoms with Crippen molar-refractivity contribution in [2.24, 2.45) is 0 Å². The maximum atomic E-state index is 11.9. The van der Waals surface area contributed by atoms with E-state index in [4.69, 9.17) is 4.74 Å². The predicted molar refractivity (Wildman–Crippen MR) is 88.1 cm³/mol. The zero-order valence-corrected chi connectivity index (χ0v) is 13.7. The third-order valence-corrected chi connectivity index (χ3v) is 3.04. The van der Waals surface area contributed by atoms with Gasteiger partial charge in [-0.3, -0.25) is 0 Å². The minimum absolute atomic E-state index is 0.0889. The molecule has 0 saturated carbocycles. The highest BCUT2D eigenvalue weighted by Gasteiger charge is 2.07. The lowest BCUT2D eigenvalue weighted by molar-refractivity contribution is 0.235. The summed E-state index contributed by atoms with van der Waals surface area (Å²) in [6, 6.07) is 9.20. The quantitative estimate of drug-likeness (QED) is 0.859. The first-order valence-corrected chi connectivity index (χ1v) is 7.59. The van der Waals surface area contributed by atoms with Gasteiger partial charge in [-0.2, -0.15) is 0 Å². The highest BCUT2D eigenvalue weighted by Crippen LogP contribution is 2.18. The van der Waals surface area contributed by atoms with E-state index in [0.717, 1.165) is 17.0 Å². The van der Waals surface area contributed by atoms with E-state index in [1.807, 2.05) is 45.0 Å². The number of benzene rings is 1. The summed E-state index contributed by atoms with van der Waals surface area (Å²) in [6.07, 6.45) is 1.77. The van der Waals surface area contributed by atoms with E-state index in [0.29, 0.717) is 18.9 Å². The Kier molecular flexibility index (Phi) is 5.91. The standard InChI is InChI=1S/C17H22N4O2/c1-12(2)23-16-7-5-4-6-14(16)10-19-17(22)20-11-15-8-9-18-13(3)21-15/h4-9,12H,10-11H2,1-3H3,(H2,19,20,22). The Morgan fingerprint density at radius 2 is 1.91 bits per heavy atom. The second-order valence-corrected chi connectivity index (χ2v) is 5.41. The lowest BCUT2D eigenvalue weighted by Gasteiger charge is -2.14. The number of carbonyl (C=O) groups is 1. The van der Waals surface area contributed by atoms with Gasteiger partial charge >= 0.3 is 6.03 Å². The highest BCUT2D eigenvalue weighted by atomic mass is 16.5. The van der Waals surface area contributed by atoms with E-state index >= 15 is 0 Å². The number of aromatic nitrogens is 2. The van der Waals surface area contributed by atoms with Crippen molar-refractivity contribution in [3.63, 3.8) is 0 Å². The highest BCUT2D eigenvalue weighted by molar-refractivity contribution is 5.73. The van der Waals surface area contributed by atoms with Crippen molar-refractivity contribution in [1.82, 2.24) is 20.6 Å². The van der Waals surface area contributed by atoms with Crippen LogP contribution >= 0.6 is 0 Å². The molecule has 0 atom stereocenters. The zero-order chi connectivity index (χ0) is 16.7. The van der Waals surface area contributed by atoms with Crippen molar-refractivity contribution in [3.05, 3.63) is 53.6 Å². The number of nitrogens with zero attached hydrogens (tertiary/aromatic N) is 2. The van der Waals surface area contributed by atoms with Crippen LogP contribution in [0.15, 0.2) is 36.5 Å². The Labute approximate surface area is 136 Å². The monoisotopic (exact) mass is 314 g/mol. The number of aryl methyl sites for hydroxylation is 1. The minimum atomic E-state index is -0.249. The molecule has 0 aliphatic heterocycles. The molecule has 23 heavy (non-hydrogen) atoms. The van der Waals surface area contributed by atoms with Crippen molar-refractivity contribution in [2.45, 2.75) is 40.0 Å². The van der Waals surface area contributed by atoms with Crippen molar-refractivity contribution < 1.29 is 9.53 Å². The molecular weight excluding hydrogens is 292 g/mol. The van der Waals surface area contributed by atoms with Crippen LogP contribution in [0.2, 0.25) is 0 Å². The van der Waals surface area contributed by atoms with Crippen LogP contribution in [0.4, 0.5) is 4.79 Å². The van der Waals surface area contributed by atoms with Crippen LogP contribution in [0.25, 0.3) is 0 Å². The lowest BCUT2D eigenvalue weighted by Crippen LogP contribution is -2.35. The van der Waals surface area contributed by atoms with Gasteiger partial charge in [0.1, 0.15) is 11.6 Å². The maximum absolute atomic E-state index is 11.9. The molecule has 6 heteroatoms. The van der Waals surface area contributed by atoms with Crippen molar-refractivity contribution in [1.29, 1.82) is 0 Å². The summed E-state index contributed by atoms with van der Waals surface area (Å²) >= 11 is 0. The molecule has 0 fully saturated rings. The summed E-state index contributed by atoms with van der Waals surface area (Å²) in [5.74, 6) is 1.47. The van der Waals surface area contributed by atoms with E-state index < -0.39 is 0 Å². The second kappa shape index (κ2) is 8.12. The first kappa shape index (κ1) is 16.7. The molecule has 2 rings (SSSR count). The van der Waals surface area contributed by atoms with E-state index in [9.17, 15) is 4.79 Å². The third kappa shape index (κ3) is 5.58. The molecule has 122 valence electrons. The third-order valence-electron chi connectivity index (χ3n) is 3.04. The Morgan fingerprint density at radius 3 is 2.65 bits per heavy atom. The molecule has 6 nitrogen and oxygen atoms in total. The molecule has 0 saturated heterocycles. The molecule has 2 N–H and O–H groups in total. The Bertz CT molecular complexity index is 659. The largest absolute Gasteiger partial charge is 0.491 e. The maximum Gasteiger partial charge on any atom is 0.315 e. The molecule has 0 unspecified atom stereocenters. The van der Waals surface area contributed by atoms with Gasteiger partial charge in [0.2, 0.25) is 0 Å². The van der Waals surface area contributed by atoms with E-state index in [1.165, 1.54) is 0 Å². The summed E-state index contributed by atoms with van der Waals surface area (Å²) in [5, 5.41) is 5.60.